The van der Waals surface area contributed by atoms with Crippen LogP contribution in [0.3, 0.4) is 0 Å². The van der Waals surface area contributed by atoms with Gasteiger partial charge in [0.2, 0.25) is 0 Å². The number of carbonyl (C=O) groups is 1. The summed E-state index contributed by atoms with van der Waals surface area (Å²) >= 11 is 0. The van der Waals surface area contributed by atoms with Crippen molar-refractivity contribution in [2.75, 3.05) is 26.7 Å². The molecule has 0 aliphatic carbocycles. The number of hydrogen-bond acceptors (Lipinski definition) is 4. The van der Waals surface area contributed by atoms with Crippen molar-refractivity contribution < 1.29 is 14.6 Å². The molecule has 0 amide bonds. The van der Waals surface area contributed by atoms with Crippen LogP contribution in [0.25, 0.3) is 0 Å². The van der Waals surface area contributed by atoms with Crippen molar-refractivity contribution in [2.24, 2.45) is 11.8 Å². The second kappa shape index (κ2) is 5.47. The van der Waals surface area contributed by atoms with Gasteiger partial charge in [-0.05, 0) is 12.3 Å². The molecule has 0 aromatic carbocycles. The Morgan fingerprint density at radius 3 is 2.80 bits per heavy atom. The minimum absolute atomic E-state index is 0.295. The Kier molecular flexibility index (Phi) is 4.54. The van der Waals surface area contributed by atoms with E-state index in [0.717, 1.165) is 13.1 Å². The molecule has 1 N–H and O–H groups in total. The fourth-order valence-corrected chi connectivity index (χ4v) is 2.07. The number of aliphatic hydroxyl groups excluding tert-OH is 1. The number of rotatable bonds is 3. The average molecular weight is 215 g/mol. The number of hydrogen-bond donors (Lipinski definition) is 1. The minimum atomic E-state index is -0.541. The quantitative estimate of drug-likeness (QED) is 0.696. The maximum absolute atomic E-state index is 11.4. The molecule has 4 heteroatoms. The molecule has 0 radical (unpaired) electrons. The lowest BCUT2D eigenvalue weighted by molar-refractivity contribution is -0.152. The Morgan fingerprint density at radius 2 is 2.27 bits per heavy atom. The Morgan fingerprint density at radius 1 is 1.60 bits per heavy atom. The second-order valence-electron chi connectivity index (χ2n) is 4.64. The monoisotopic (exact) mass is 215 g/mol. The van der Waals surface area contributed by atoms with Gasteiger partial charge in [-0.15, -0.1) is 0 Å². The first-order valence-corrected chi connectivity index (χ1v) is 5.52. The zero-order valence-electron chi connectivity index (χ0n) is 9.77. The van der Waals surface area contributed by atoms with Crippen LogP contribution in [0.1, 0.15) is 20.3 Å². The SMILES string of the molecule is COC(=O)[C@H]1CN(CC(C)C)CC[C@@H]1O. The van der Waals surface area contributed by atoms with Crippen LogP contribution in [0.15, 0.2) is 0 Å². The number of esters is 1. The molecule has 1 heterocycles. The van der Waals surface area contributed by atoms with Crippen LogP contribution in [0, 0.1) is 11.8 Å². The molecule has 1 aliphatic rings. The molecular formula is C11H21NO3. The molecule has 15 heavy (non-hydrogen) atoms. The topological polar surface area (TPSA) is 49.8 Å². The van der Waals surface area contributed by atoms with Crippen LogP contribution >= 0.6 is 0 Å². The van der Waals surface area contributed by atoms with E-state index in [2.05, 4.69) is 23.5 Å². The lowest BCUT2D eigenvalue weighted by Gasteiger charge is -2.35. The van der Waals surface area contributed by atoms with Gasteiger partial charge in [0.05, 0.1) is 19.1 Å². The first-order valence-electron chi connectivity index (χ1n) is 5.52. The lowest BCUT2D eigenvalue weighted by atomic mass is 9.94. The van der Waals surface area contributed by atoms with Crippen LogP contribution in [-0.2, 0) is 9.53 Å². The summed E-state index contributed by atoms with van der Waals surface area (Å²) in [7, 11) is 1.37. The maximum Gasteiger partial charge on any atom is 0.312 e. The molecule has 88 valence electrons. The highest BCUT2D eigenvalue weighted by Gasteiger charge is 2.33. The molecule has 4 nitrogen and oxygen atoms in total. The Labute approximate surface area is 91.2 Å². The molecule has 1 rings (SSSR count). The lowest BCUT2D eigenvalue weighted by Crippen LogP contribution is -2.47. The van der Waals surface area contributed by atoms with Gasteiger partial charge in [-0.25, -0.2) is 0 Å². The minimum Gasteiger partial charge on any atom is -0.469 e. The zero-order chi connectivity index (χ0) is 11.4. The molecule has 0 aromatic heterocycles. The number of likely N-dealkylation sites (tertiary alicyclic amines) is 1. The standard InChI is InChI=1S/C11H21NO3/c1-8(2)6-12-5-4-10(13)9(7-12)11(14)15-3/h8-10,13H,4-7H2,1-3H3/t9-,10-/m0/s1. The molecule has 1 fully saturated rings. The molecule has 2 atom stereocenters. The summed E-state index contributed by atoms with van der Waals surface area (Å²) in [5, 5.41) is 9.69. The Hall–Kier alpha value is -0.610. The Balaban J connectivity index is 2.52. The summed E-state index contributed by atoms with van der Waals surface area (Å²) in [5.41, 5.74) is 0. The number of piperidine rings is 1. The normalized spacial score (nSPS) is 28.1. The van der Waals surface area contributed by atoms with Crippen LogP contribution in [0.5, 0.6) is 0 Å². The maximum atomic E-state index is 11.4. The van der Waals surface area contributed by atoms with E-state index in [4.69, 9.17) is 0 Å². The predicted molar refractivity (Wildman–Crippen MR) is 57.4 cm³/mol. The van der Waals surface area contributed by atoms with Gasteiger partial charge >= 0.3 is 5.97 Å². The molecule has 0 saturated carbocycles. The summed E-state index contributed by atoms with van der Waals surface area (Å²) in [4.78, 5) is 13.6. The third-order valence-corrected chi connectivity index (χ3v) is 2.79. The summed E-state index contributed by atoms with van der Waals surface area (Å²) in [5.74, 6) is -0.0861. The van der Waals surface area contributed by atoms with Crippen LogP contribution in [0.2, 0.25) is 0 Å². The summed E-state index contributed by atoms with van der Waals surface area (Å²) in [6, 6.07) is 0. The van der Waals surface area contributed by atoms with Crippen molar-refractivity contribution in [3.05, 3.63) is 0 Å². The smallest absolute Gasteiger partial charge is 0.312 e. The van der Waals surface area contributed by atoms with Crippen LogP contribution in [0.4, 0.5) is 0 Å². The fraction of sp³-hybridized carbons (Fsp3) is 0.909. The average Bonchev–Trinajstić information content (AvgIpc) is 2.19. The van der Waals surface area contributed by atoms with Crippen molar-refractivity contribution in [3.8, 4) is 0 Å². The Bertz CT molecular complexity index is 218. The van der Waals surface area contributed by atoms with E-state index in [1.807, 2.05) is 0 Å². The van der Waals surface area contributed by atoms with E-state index in [9.17, 15) is 9.90 Å². The van der Waals surface area contributed by atoms with Crippen molar-refractivity contribution in [1.29, 1.82) is 0 Å². The van der Waals surface area contributed by atoms with Gasteiger partial charge in [-0.2, -0.15) is 0 Å². The van der Waals surface area contributed by atoms with E-state index in [0.29, 0.717) is 18.9 Å². The molecule has 1 aliphatic heterocycles. The summed E-state index contributed by atoms with van der Waals surface area (Å²) in [6.07, 6.45) is 0.118. The van der Waals surface area contributed by atoms with E-state index in [1.165, 1.54) is 7.11 Å². The van der Waals surface area contributed by atoms with Crippen LogP contribution in [-0.4, -0.2) is 48.8 Å². The van der Waals surface area contributed by atoms with Crippen molar-refractivity contribution in [1.82, 2.24) is 4.90 Å². The van der Waals surface area contributed by atoms with Crippen LogP contribution < -0.4 is 0 Å². The largest absolute Gasteiger partial charge is 0.469 e. The molecule has 0 spiro atoms. The molecule has 0 unspecified atom stereocenters. The first-order chi connectivity index (χ1) is 7.04. The van der Waals surface area contributed by atoms with E-state index < -0.39 is 6.10 Å². The number of nitrogens with zero attached hydrogens (tertiary/aromatic N) is 1. The summed E-state index contributed by atoms with van der Waals surface area (Å²) < 4.78 is 4.69. The van der Waals surface area contributed by atoms with E-state index >= 15 is 0 Å². The van der Waals surface area contributed by atoms with Crippen molar-refractivity contribution in [2.45, 2.75) is 26.4 Å². The molecule has 0 bridgehead atoms. The third-order valence-electron chi connectivity index (χ3n) is 2.79. The molecule has 0 aromatic rings. The molecular weight excluding hydrogens is 194 g/mol. The highest BCUT2D eigenvalue weighted by atomic mass is 16.5. The number of carbonyl (C=O) groups excluding carboxylic acids is 1. The van der Waals surface area contributed by atoms with Gasteiger partial charge in [0.15, 0.2) is 0 Å². The predicted octanol–water partition coefficient (Wildman–Crippen LogP) is 0.498. The molecule has 1 saturated heterocycles. The zero-order valence-corrected chi connectivity index (χ0v) is 9.77. The summed E-state index contributed by atoms with van der Waals surface area (Å²) in [6.45, 7) is 6.76. The third kappa shape index (κ3) is 3.47. The highest BCUT2D eigenvalue weighted by Crippen LogP contribution is 2.19. The van der Waals surface area contributed by atoms with Crippen molar-refractivity contribution in [3.63, 3.8) is 0 Å². The van der Waals surface area contributed by atoms with Gasteiger partial charge in [0, 0.05) is 19.6 Å². The van der Waals surface area contributed by atoms with E-state index in [-0.39, 0.29) is 11.9 Å². The number of ether oxygens (including phenoxy) is 1. The fourth-order valence-electron chi connectivity index (χ4n) is 2.07. The first kappa shape index (κ1) is 12.5. The number of methoxy groups -OCH3 is 1. The number of aliphatic hydroxyl groups is 1. The van der Waals surface area contributed by atoms with E-state index in [1.54, 1.807) is 0 Å². The van der Waals surface area contributed by atoms with Gasteiger partial charge in [0.1, 0.15) is 0 Å². The van der Waals surface area contributed by atoms with Gasteiger partial charge in [-0.3, -0.25) is 4.79 Å². The highest BCUT2D eigenvalue weighted by molar-refractivity contribution is 5.73. The second-order valence-corrected chi connectivity index (χ2v) is 4.64. The van der Waals surface area contributed by atoms with Gasteiger partial charge in [0.25, 0.3) is 0 Å². The van der Waals surface area contributed by atoms with Gasteiger partial charge < -0.3 is 14.7 Å². The van der Waals surface area contributed by atoms with Gasteiger partial charge in [-0.1, -0.05) is 13.8 Å². The van der Waals surface area contributed by atoms with Crippen molar-refractivity contribution >= 4 is 5.97 Å².